The van der Waals surface area contributed by atoms with Crippen molar-refractivity contribution in [3.05, 3.63) is 0 Å². The van der Waals surface area contributed by atoms with Crippen molar-refractivity contribution in [1.82, 2.24) is 4.90 Å². The van der Waals surface area contributed by atoms with Gasteiger partial charge in [0.2, 0.25) is 0 Å². The molecule has 4 nitrogen and oxygen atoms in total. The molecule has 96 valence electrons. The van der Waals surface area contributed by atoms with Crippen molar-refractivity contribution in [3.63, 3.8) is 0 Å². The van der Waals surface area contributed by atoms with Gasteiger partial charge in [-0.3, -0.25) is 4.90 Å². The van der Waals surface area contributed by atoms with Crippen molar-refractivity contribution < 1.29 is 13.2 Å². The lowest BCUT2D eigenvalue weighted by atomic mass is 10.3. The normalized spacial score (nSPS) is 23.5. The maximum atomic E-state index is 11.6. The number of hydrogen-bond donors (Lipinski definition) is 0. The van der Waals surface area contributed by atoms with Gasteiger partial charge in [-0.25, -0.2) is 8.42 Å². The Morgan fingerprint density at radius 1 is 1.44 bits per heavy atom. The van der Waals surface area contributed by atoms with Gasteiger partial charge in [0.25, 0.3) is 0 Å². The predicted molar refractivity (Wildman–Crippen MR) is 68.9 cm³/mol. The number of alkyl halides is 1. The number of rotatable bonds is 6. The number of morpholine rings is 1. The Morgan fingerprint density at radius 3 is 2.81 bits per heavy atom. The molecule has 0 radical (unpaired) electrons. The molecule has 1 rings (SSSR count). The highest BCUT2D eigenvalue weighted by Crippen LogP contribution is 2.08. The van der Waals surface area contributed by atoms with Crippen LogP contribution in [0.2, 0.25) is 0 Å². The largest absolute Gasteiger partial charge is 0.375 e. The fraction of sp³-hybridized carbons (Fsp3) is 1.00. The summed E-state index contributed by atoms with van der Waals surface area (Å²) in [5.41, 5.74) is 0. The number of ether oxygens (including phenoxy) is 1. The topological polar surface area (TPSA) is 46.6 Å². The van der Waals surface area contributed by atoms with Gasteiger partial charge in [-0.1, -0.05) is 22.9 Å². The Balaban J connectivity index is 2.32. The van der Waals surface area contributed by atoms with Crippen LogP contribution in [0.3, 0.4) is 0 Å². The molecule has 0 aromatic carbocycles. The Bertz CT molecular complexity index is 294. The van der Waals surface area contributed by atoms with Crippen LogP contribution in [0.5, 0.6) is 0 Å². The molecule has 1 aliphatic heterocycles. The maximum Gasteiger partial charge on any atom is 0.151 e. The molecule has 0 aromatic heterocycles. The zero-order valence-electron chi connectivity index (χ0n) is 9.69. The van der Waals surface area contributed by atoms with E-state index in [1.165, 1.54) is 0 Å². The van der Waals surface area contributed by atoms with Crippen molar-refractivity contribution in [2.24, 2.45) is 0 Å². The number of halogens is 1. The summed E-state index contributed by atoms with van der Waals surface area (Å²) in [5.74, 6) is 0.578. The first-order chi connectivity index (χ1) is 7.57. The van der Waals surface area contributed by atoms with Gasteiger partial charge < -0.3 is 4.74 Å². The zero-order valence-corrected chi connectivity index (χ0v) is 12.1. The Labute approximate surface area is 106 Å². The lowest BCUT2D eigenvalue weighted by Crippen LogP contribution is -2.45. The molecule has 6 heteroatoms. The van der Waals surface area contributed by atoms with Crippen molar-refractivity contribution in [3.8, 4) is 0 Å². The van der Waals surface area contributed by atoms with Gasteiger partial charge in [-0.05, 0) is 6.42 Å². The van der Waals surface area contributed by atoms with Crippen LogP contribution in [0, 0.1) is 0 Å². The Kier molecular flexibility index (Phi) is 6.25. The van der Waals surface area contributed by atoms with Crippen molar-refractivity contribution in [2.45, 2.75) is 19.4 Å². The van der Waals surface area contributed by atoms with E-state index in [0.29, 0.717) is 25.3 Å². The van der Waals surface area contributed by atoms with E-state index in [4.69, 9.17) is 4.74 Å². The second-order valence-electron chi connectivity index (χ2n) is 4.10. The second kappa shape index (κ2) is 6.93. The number of sulfone groups is 1. The van der Waals surface area contributed by atoms with E-state index in [2.05, 4.69) is 20.8 Å². The molecule has 1 aliphatic rings. The highest BCUT2D eigenvalue weighted by Gasteiger charge is 2.20. The molecule has 0 bridgehead atoms. The molecular weight excluding hydrogens is 294 g/mol. The molecule has 1 heterocycles. The first-order valence-corrected chi connectivity index (χ1v) is 8.62. The molecule has 1 unspecified atom stereocenters. The van der Waals surface area contributed by atoms with Gasteiger partial charge in [-0.2, -0.15) is 0 Å². The van der Waals surface area contributed by atoms with Crippen molar-refractivity contribution in [1.29, 1.82) is 0 Å². The zero-order chi connectivity index (χ0) is 12.0. The third-order valence-corrected chi connectivity index (χ3v) is 5.19. The molecule has 0 aliphatic carbocycles. The van der Waals surface area contributed by atoms with E-state index in [9.17, 15) is 8.42 Å². The predicted octanol–water partition coefficient (Wildman–Crippen LogP) is 0.907. The number of hydrogen-bond acceptors (Lipinski definition) is 4. The summed E-state index contributed by atoms with van der Waals surface area (Å²) >= 11 is 3.38. The van der Waals surface area contributed by atoms with Crippen LogP contribution in [-0.2, 0) is 14.6 Å². The molecule has 0 aromatic rings. The maximum absolute atomic E-state index is 11.6. The molecule has 1 atom stereocenters. The van der Waals surface area contributed by atoms with Crippen LogP contribution in [0.25, 0.3) is 0 Å². The standard InChI is InChI=1S/C10H20BrNO3S/c1-2-6-16(13,14)7-4-12-3-5-15-10(8-11)9-12/h10H,2-9H2,1H3. The first-order valence-electron chi connectivity index (χ1n) is 5.67. The highest BCUT2D eigenvalue weighted by molar-refractivity contribution is 9.09. The smallest absolute Gasteiger partial charge is 0.151 e. The summed E-state index contributed by atoms with van der Waals surface area (Å²) in [6.45, 7) is 4.89. The van der Waals surface area contributed by atoms with Gasteiger partial charge in [0, 0.05) is 30.7 Å². The van der Waals surface area contributed by atoms with Crippen LogP contribution >= 0.6 is 15.9 Å². The van der Waals surface area contributed by atoms with Gasteiger partial charge in [-0.15, -0.1) is 0 Å². The Hall–Kier alpha value is 0.350. The van der Waals surface area contributed by atoms with E-state index in [1.807, 2.05) is 6.92 Å². The lowest BCUT2D eigenvalue weighted by Gasteiger charge is -2.31. The van der Waals surface area contributed by atoms with Crippen LogP contribution in [0.15, 0.2) is 0 Å². The third-order valence-electron chi connectivity index (χ3n) is 2.63. The van der Waals surface area contributed by atoms with E-state index in [1.54, 1.807) is 0 Å². The molecule has 0 amide bonds. The van der Waals surface area contributed by atoms with Crippen LogP contribution in [0.4, 0.5) is 0 Å². The van der Waals surface area contributed by atoms with Gasteiger partial charge in [0.05, 0.1) is 18.5 Å². The fourth-order valence-electron chi connectivity index (χ4n) is 1.76. The van der Waals surface area contributed by atoms with Crippen molar-refractivity contribution >= 4 is 25.8 Å². The van der Waals surface area contributed by atoms with E-state index < -0.39 is 9.84 Å². The van der Waals surface area contributed by atoms with E-state index >= 15 is 0 Å². The average Bonchev–Trinajstić information content (AvgIpc) is 2.27. The summed E-state index contributed by atoms with van der Waals surface area (Å²) < 4.78 is 28.6. The van der Waals surface area contributed by atoms with Crippen molar-refractivity contribution in [2.75, 3.05) is 43.1 Å². The van der Waals surface area contributed by atoms with Gasteiger partial charge in [0.15, 0.2) is 9.84 Å². The molecule has 0 spiro atoms. The van der Waals surface area contributed by atoms with Gasteiger partial charge in [0.1, 0.15) is 0 Å². The molecule has 0 saturated carbocycles. The highest BCUT2D eigenvalue weighted by atomic mass is 79.9. The van der Waals surface area contributed by atoms with E-state index in [-0.39, 0.29) is 11.9 Å². The first kappa shape index (κ1) is 14.4. The summed E-state index contributed by atoms with van der Waals surface area (Å²) in [7, 11) is -2.85. The summed E-state index contributed by atoms with van der Waals surface area (Å²) in [6.07, 6.45) is 0.901. The van der Waals surface area contributed by atoms with Gasteiger partial charge >= 0.3 is 0 Å². The number of nitrogens with zero attached hydrogens (tertiary/aromatic N) is 1. The summed E-state index contributed by atoms with van der Waals surface area (Å²) in [6, 6.07) is 0. The molecule has 1 fully saturated rings. The van der Waals surface area contributed by atoms with Crippen LogP contribution in [-0.4, -0.2) is 62.5 Å². The minimum atomic E-state index is -2.85. The van der Waals surface area contributed by atoms with Crippen LogP contribution < -0.4 is 0 Å². The van der Waals surface area contributed by atoms with E-state index in [0.717, 1.165) is 18.4 Å². The quantitative estimate of drug-likeness (QED) is 0.684. The fourth-order valence-corrected chi connectivity index (χ4v) is 3.51. The molecule has 1 saturated heterocycles. The third kappa shape index (κ3) is 5.12. The monoisotopic (exact) mass is 313 g/mol. The minimum absolute atomic E-state index is 0.197. The Morgan fingerprint density at radius 2 is 2.19 bits per heavy atom. The SMILES string of the molecule is CCCS(=O)(=O)CCN1CCOC(CBr)C1. The average molecular weight is 314 g/mol. The van der Waals surface area contributed by atoms with Crippen LogP contribution in [0.1, 0.15) is 13.3 Å². The molecule has 0 N–H and O–H groups in total. The molecule has 16 heavy (non-hydrogen) atoms. The summed E-state index contributed by atoms with van der Waals surface area (Å²) in [4.78, 5) is 2.17. The minimum Gasteiger partial charge on any atom is -0.375 e. The summed E-state index contributed by atoms with van der Waals surface area (Å²) in [5, 5.41) is 0.811. The molecular formula is C10H20BrNO3S. The second-order valence-corrected chi connectivity index (χ2v) is 7.05. The lowest BCUT2D eigenvalue weighted by molar-refractivity contribution is -0.0128.